The molecular formula is C17H24N2O2. The van der Waals surface area contributed by atoms with Crippen LogP contribution in [-0.4, -0.2) is 25.6 Å². The van der Waals surface area contributed by atoms with E-state index in [0.29, 0.717) is 24.9 Å². The predicted octanol–water partition coefficient (Wildman–Crippen LogP) is 2.04. The van der Waals surface area contributed by atoms with Crippen molar-refractivity contribution in [3.05, 3.63) is 29.8 Å². The molecule has 4 heteroatoms. The normalized spacial score (nSPS) is 27.8. The molecule has 0 radical (unpaired) electrons. The van der Waals surface area contributed by atoms with E-state index in [0.717, 1.165) is 38.0 Å². The number of nitrogens with one attached hydrogen (secondary N) is 1. The topological polar surface area (TPSA) is 64.4 Å². The van der Waals surface area contributed by atoms with Crippen LogP contribution in [0.2, 0.25) is 0 Å². The number of carbonyl (C=O) groups excluding carboxylic acids is 1. The van der Waals surface area contributed by atoms with Crippen molar-refractivity contribution in [2.75, 3.05) is 19.7 Å². The van der Waals surface area contributed by atoms with Crippen molar-refractivity contribution in [1.29, 1.82) is 0 Å². The monoisotopic (exact) mass is 288 g/mol. The van der Waals surface area contributed by atoms with Gasteiger partial charge in [0.2, 0.25) is 5.91 Å². The van der Waals surface area contributed by atoms with Crippen LogP contribution in [0.3, 0.4) is 0 Å². The average molecular weight is 288 g/mol. The van der Waals surface area contributed by atoms with Gasteiger partial charge in [0, 0.05) is 18.4 Å². The molecule has 3 rings (SSSR count). The van der Waals surface area contributed by atoms with Gasteiger partial charge in [-0.3, -0.25) is 4.79 Å². The van der Waals surface area contributed by atoms with Crippen LogP contribution in [0.1, 0.15) is 37.2 Å². The lowest BCUT2D eigenvalue weighted by molar-refractivity contribution is -0.126. The van der Waals surface area contributed by atoms with Gasteiger partial charge >= 0.3 is 0 Å². The van der Waals surface area contributed by atoms with Crippen molar-refractivity contribution >= 4 is 5.91 Å². The second-order valence-corrected chi connectivity index (χ2v) is 6.15. The molecule has 0 bridgehead atoms. The van der Waals surface area contributed by atoms with E-state index in [9.17, 15) is 4.79 Å². The lowest BCUT2D eigenvalue weighted by Crippen LogP contribution is -2.37. The molecule has 3 N–H and O–H groups in total. The van der Waals surface area contributed by atoms with Crippen LogP contribution in [0, 0.1) is 11.8 Å². The third-order valence-electron chi connectivity index (χ3n) is 4.90. The summed E-state index contributed by atoms with van der Waals surface area (Å²) in [6.07, 6.45) is 4.16. The summed E-state index contributed by atoms with van der Waals surface area (Å²) >= 11 is 0. The van der Waals surface area contributed by atoms with Gasteiger partial charge in [-0.05, 0) is 43.4 Å². The van der Waals surface area contributed by atoms with E-state index in [-0.39, 0.29) is 11.8 Å². The number of hydrogen-bond donors (Lipinski definition) is 2. The van der Waals surface area contributed by atoms with E-state index < -0.39 is 0 Å². The molecule has 2 aliphatic rings. The molecule has 114 valence electrons. The highest BCUT2D eigenvalue weighted by atomic mass is 16.5. The Bertz CT molecular complexity index is 503. The molecule has 1 aromatic rings. The van der Waals surface area contributed by atoms with Gasteiger partial charge in [-0.15, -0.1) is 0 Å². The van der Waals surface area contributed by atoms with Crippen molar-refractivity contribution in [2.45, 2.75) is 31.6 Å². The molecule has 1 aliphatic carbocycles. The number of rotatable bonds is 4. The number of nitrogens with two attached hydrogens (primary N) is 1. The molecule has 4 nitrogen and oxygen atoms in total. The van der Waals surface area contributed by atoms with Gasteiger partial charge in [0.15, 0.2) is 0 Å². The predicted molar refractivity (Wildman–Crippen MR) is 82.2 cm³/mol. The largest absolute Gasteiger partial charge is 0.493 e. The lowest BCUT2D eigenvalue weighted by atomic mass is 9.92. The first-order valence-corrected chi connectivity index (χ1v) is 7.99. The smallest absolute Gasteiger partial charge is 0.223 e. The molecular weight excluding hydrogens is 264 g/mol. The molecule has 1 aliphatic heterocycles. The van der Waals surface area contributed by atoms with Gasteiger partial charge in [-0.2, -0.15) is 0 Å². The summed E-state index contributed by atoms with van der Waals surface area (Å²) in [5.41, 5.74) is 6.98. The molecule has 0 saturated heterocycles. The molecule has 1 aromatic carbocycles. The summed E-state index contributed by atoms with van der Waals surface area (Å²) in [5.74, 6) is 1.99. The van der Waals surface area contributed by atoms with Crippen molar-refractivity contribution in [1.82, 2.24) is 5.32 Å². The van der Waals surface area contributed by atoms with Crippen LogP contribution in [0.15, 0.2) is 24.3 Å². The molecule has 1 fully saturated rings. The first-order valence-electron chi connectivity index (χ1n) is 7.99. The second-order valence-electron chi connectivity index (χ2n) is 6.15. The summed E-state index contributed by atoms with van der Waals surface area (Å²) < 4.78 is 5.67. The van der Waals surface area contributed by atoms with E-state index in [2.05, 4.69) is 11.4 Å². The molecule has 3 atom stereocenters. The van der Waals surface area contributed by atoms with Crippen molar-refractivity contribution in [3.63, 3.8) is 0 Å². The zero-order valence-corrected chi connectivity index (χ0v) is 12.4. The number of ether oxygens (including phenoxy) is 1. The maximum Gasteiger partial charge on any atom is 0.223 e. The van der Waals surface area contributed by atoms with E-state index in [4.69, 9.17) is 10.5 Å². The van der Waals surface area contributed by atoms with Crippen LogP contribution in [-0.2, 0) is 4.79 Å². The molecule has 1 amide bonds. The number of hydrogen-bond acceptors (Lipinski definition) is 3. The van der Waals surface area contributed by atoms with Crippen LogP contribution < -0.4 is 15.8 Å². The van der Waals surface area contributed by atoms with E-state index in [1.807, 2.05) is 18.2 Å². The molecule has 21 heavy (non-hydrogen) atoms. The Morgan fingerprint density at radius 2 is 2.14 bits per heavy atom. The molecule has 0 spiro atoms. The zero-order chi connectivity index (χ0) is 14.7. The van der Waals surface area contributed by atoms with Gasteiger partial charge in [0.1, 0.15) is 5.75 Å². The Labute approximate surface area is 126 Å². The van der Waals surface area contributed by atoms with Gasteiger partial charge in [0.05, 0.1) is 6.61 Å². The minimum absolute atomic E-state index is 0.116. The van der Waals surface area contributed by atoms with E-state index in [1.165, 1.54) is 5.56 Å². The fraction of sp³-hybridized carbons (Fsp3) is 0.588. The average Bonchev–Trinajstić information content (AvgIpc) is 3.01. The first-order chi connectivity index (χ1) is 10.3. The summed E-state index contributed by atoms with van der Waals surface area (Å²) in [5, 5.41) is 3.15. The second kappa shape index (κ2) is 6.48. The summed E-state index contributed by atoms with van der Waals surface area (Å²) in [6, 6.07) is 8.13. The highest BCUT2D eigenvalue weighted by Crippen LogP contribution is 2.34. The Morgan fingerprint density at radius 1 is 1.29 bits per heavy atom. The fourth-order valence-corrected chi connectivity index (χ4v) is 3.65. The third kappa shape index (κ3) is 3.05. The van der Waals surface area contributed by atoms with Crippen molar-refractivity contribution < 1.29 is 9.53 Å². The standard InChI is InChI=1S/C17H24N2O2/c18-10-12-4-3-6-15(12)17(20)19-11-13-8-9-21-16-7-2-1-5-14(13)16/h1-2,5,7,12-13,15H,3-4,6,8-11,18H2,(H,19,20)/t12-,13?,15-/m1/s1. The third-order valence-corrected chi connectivity index (χ3v) is 4.90. The Balaban J connectivity index is 1.60. The minimum atomic E-state index is 0.116. The first kappa shape index (κ1) is 14.4. The fourth-order valence-electron chi connectivity index (χ4n) is 3.65. The maximum atomic E-state index is 12.4. The highest BCUT2D eigenvalue weighted by molar-refractivity contribution is 5.79. The molecule has 0 aromatic heterocycles. The summed E-state index contributed by atoms with van der Waals surface area (Å²) in [6.45, 7) is 2.05. The number of carbonyl (C=O) groups is 1. The Kier molecular flexibility index (Phi) is 4.44. The van der Waals surface area contributed by atoms with Crippen LogP contribution in [0.25, 0.3) is 0 Å². The lowest BCUT2D eigenvalue weighted by Gasteiger charge is -2.27. The van der Waals surface area contributed by atoms with Gasteiger partial charge in [-0.25, -0.2) is 0 Å². The van der Waals surface area contributed by atoms with E-state index in [1.54, 1.807) is 0 Å². The number of benzene rings is 1. The van der Waals surface area contributed by atoms with Crippen LogP contribution in [0.5, 0.6) is 5.75 Å². The Hall–Kier alpha value is -1.55. The molecule has 1 unspecified atom stereocenters. The highest BCUT2D eigenvalue weighted by Gasteiger charge is 2.32. The SMILES string of the molecule is NC[C@H]1CCC[C@H]1C(=O)NCC1CCOc2ccccc21. The minimum Gasteiger partial charge on any atom is -0.493 e. The zero-order valence-electron chi connectivity index (χ0n) is 12.4. The number of fused-ring (bicyclic) bond motifs is 1. The van der Waals surface area contributed by atoms with Crippen LogP contribution >= 0.6 is 0 Å². The van der Waals surface area contributed by atoms with Crippen molar-refractivity contribution in [2.24, 2.45) is 17.6 Å². The number of para-hydroxylation sites is 1. The van der Waals surface area contributed by atoms with Gasteiger partial charge < -0.3 is 15.8 Å². The maximum absolute atomic E-state index is 12.4. The van der Waals surface area contributed by atoms with Gasteiger partial charge in [0.25, 0.3) is 0 Å². The van der Waals surface area contributed by atoms with E-state index >= 15 is 0 Å². The Morgan fingerprint density at radius 3 is 3.00 bits per heavy atom. The molecule has 1 heterocycles. The summed E-state index contributed by atoms with van der Waals surface area (Å²) in [4.78, 5) is 12.4. The quantitative estimate of drug-likeness (QED) is 0.891. The number of amides is 1. The van der Waals surface area contributed by atoms with Crippen LogP contribution in [0.4, 0.5) is 0 Å². The summed E-state index contributed by atoms with van der Waals surface area (Å²) in [7, 11) is 0. The van der Waals surface area contributed by atoms with Gasteiger partial charge in [-0.1, -0.05) is 24.6 Å². The van der Waals surface area contributed by atoms with Crippen molar-refractivity contribution in [3.8, 4) is 5.75 Å². The molecule has 1 saturated carbocycles.